The molecule has 0 N–H and O–H groups in total. The molecule has 6 rings (SSSR count). The van der Waals surface area contributed by atoms with Crippen molar-refractivity contribution in [1.29, 1.82) is 0 Å². The molecule has 1 heterocycles. The summed E-state index contributed by atoms with van der Waals surface area (Å²) in [4.78, 5) is 27.5. The van der Waals surface area contributed by atoms with Gasteiger partial charge in [-0.3, -0.25) is 4.79 Å². The van der Waals surface area contributed by atoms with Gasteiger partial charge < -0.3 is 14.1 Å². The van der Waals surface area contributed by atoms with Gasteiger partial charge in [0.25, 0.3) is 5.91 Å². The summed E-state index contributed by atoms with van der Waals surface area (Å²) >= 11 is 0. The highest BCUT2D eigenvalue weighted by molar-refractivity contribution is 5.91. The fraction of sp³-hybridized carbons (Fsp3) is 0.500. The molecule has 5 nitrogen and oxygen atoms in total. The molecule has 0 radical (unpaired) electrons. The minimum Gasteiger partial charge on any atom is -0.467 e. The minimum absolute atomic E-state index is 0.107. The Labute approximate surface area is 175 Å². The fourth-order valence-corrected chi connectivity index (χ4v) is 6.38. The standard InChI is InChI=1S/C24H26FNO4/c25-20-4-1-3-19(10-20)23(28)30-15-22(27)26(14-21-5-2-6-29-21)24-11-16-7-17(12-24)9-18(8-16)13-24/h1-6,10,16-18H,7-9,11-15H2. The van der Waals surface area contributed by atoms with Gasteiger partial charge >= 0.3 is 5.97 Å². The van der Waals surface area contributed by atoms with Crippen LogP contribution in [0.25, 0.3) is 0 Å². The van der Waals surface area contributed by atoms with Crippen LogP contribution in [0.5, 0.6) is 0 Å². The van der Waals surface area contributed by atoms with Crippen molar-refractivity contribution in [1.82, 2.24) is 4.90 Å². The first-order valence-electron chi connectivity index (χ1n) is 10.8. The van der Waals surface area contributed by atoms with Crippen molar-refractivity contribution < 1.29 is 23.1 Å². The predicted octanol–water partition coefficient (Wildman–Crippen LogP) is 4.57. The zero-order valence-corrected chi connectivity index (χ0v) is 16.9. The van der Waals surface area contributed by atoms with Crippen molar-refractivity contribution in [2.24, 2.45) is 17.8 Å². The monoisotopic (exact) mass is 411 g/mol. The van der Waals surface area contributed by atoms with Gasteiger partial charge in [-0.1, -0.05) is 6.07 Å². The van der Waals surface area contributed by atoms with Gasteiger partial charge in [0.15, 0.2) is 6.61 Å². The van der Waals surface area contributed by atoms with Crippen LogP contribution in [-0.4, -0.2) is 28.9 Å². The van der Waals surface area contributed by atoms with Crippen molar-refractivity contribution >= 4 is 11.9 Å². The lowest BCUT2D eigenvalue weighted by Gasteiger charge is -2.60. The van der Waals surface area contributed by atoms with Gasteiger partial charge in [0.1, 0.15) is 11.6 Å². The summed E-state index contributed by atoms with van der Waals surface area (Å²) in [5, 5.41) is 0. The SMILES string of the molecule is O=C(OCC(=O)N(Cc1ccco1)C12CC3CC(CC(C3)C1)C2)c1cccc(F)c1. The summed E-state index contributed by atoms with van der Waals surface area (Å²) in [6, 6.07) is 9.01. The summed E-state index contributed by atoms with van der Waals surface area (Å²) in [5.41, 5.74) is -0.0700. The number of amides is 1. The number of hydrogen-bond acceptors (Lipinski definition) is 4. The Bertz CT molecular complexity index is 903. The van der Waals surface area contributed by atoms with E-state index in [9.17, 15) is 14.0 Å². The third-order valence-corrected chi connectivity index (χ3v) is 7.16. The number of benzene rings is 1. The van der Waals surface area contributed by atoms with E-state index in [1.807, 2.05) is 17.0 Å². The second kappa shape index (κ2) is 7.56. The molecule has 1 aromatic heterocycles. The number of esters is 1. The lowest BCUT2D eigenvalue weighted by molar-refractivity contribution is -0.156. The predicted molar refractivity (Wildman–Crippen MR) is 107 cm³/mol. The van der Waals surface area contributed by atoms with E-state index in [1.54, 1.807) is 6.26 Å². The number of carbonyl (C=O) groups excluding carboxylic acids is 2. The molecular weight excluding hydrogens is 385 g/mol. The van der Waals surface area contributed by atoms with Crippen LogP contribution >= 0.6 is 0 Å². The molecule has 4 saturated carbocycles. The lowest BCUT2D eigenvalue weighted by atomic mass is 9.52. The zero-order chi connectivity index (χ0) is 20.7. The number of ether oxygens (including phenoxy) is 1. The van der Waals surface area contributed by atoms with Crippen LogP contribution in [0, 0.1) is 23.6 Å². The number of furan rings is 1. The summed E-state index contributed by atoms with van der Waals surface area (Å²) in [7, 11) is 0. The molecule has 4 bridgehead atoms. The van der Waals surface area contributed by atoms with E-state index < -0.39 is 11.8 Å². The van der Waals surface area contributed by atoms with E-state index in [4.69, 9.17) is 9.15 Å². The molecule has 4 fully saturated rings. The first-order valence-corrected chi connectivity index (χ1v) is 10.8. The van der Waals surface area contributed by atoms with Crippen LogP contribution in [0.3, 0.4) is 0 Å². The van der Waals surface area contributed by atoms with Crippen LogP contribution < -0.4 is 0 Å². The normalized spacial score (nSPS) is 29.0. The zero-order valence-electron chi connectivity index (χ0n) is 16.9. The molecule has 158 valence electrons. The van der Waals surface area contributed by atoms with E-state index in [0.29, 0.717) is 24.3 Å². The van der Waals surface area contributed by atoms with E-state index >= 15 is 0 Å². The van der Waals surface area contributed by atoms with Gasteiger partial charge in [-0.15, -0.1) is 0 Å². The Hall–Kier alpha value is -2.63. The molecule has 6 heteroatoms. The van der Waals surface area contributed by atoms with E-state index in [2.05, 4.69) is 0 Å². The lowest BCUT2D eigenvalue weighted by Crippen LogP contribution is -2.61. The first-order chi connectivity index (χ1) is 14.5. The molecule has 0 saturated heterocycles. The second-order valence-electron chi connectivity index (χ2n) is 9.29. The van der Waals surface area contributed by atoms with Gasteiger partial charge in [-0.2, -0.15) is 0 Å². The topological polar surface area (TPSA) is 59.8 Å². The molecule has 30 heavy (non-hydrogen) atoms. The fourth-order valence-electron chi connectivity index (χ4n) is 6.38. The van der Waals surface area contributed by atoms with Crippen molar-refractivity contribution in [3.63, 3.8) is 0 Å². The quantitative estimate of drug-likeness (QED) is 0.653. The average molecular weight is 411 g/mol. The first kappa shape index (κ1) is 19.3. The van der Waals surface area contributed by atoms with Crippen LogP contribution in [0.1, 0.15) is 54.6 Å². The Morgan fingerprint density at radius 2 is 1.77 bits per heavy atom. The molecule has 2 aromatic rings. The number of nitrogens with zero attached hydrogens (tertiary/aromatic N) is 1. The second-order valence-corrected chi connectivity index (χ2v) is 9.29. The molecule has 0 unspecified atom stereocenters. The van der Waals surface area contributed by atoms with Gasteiger partial charge in [0, 0.05) is 5.54 Å². The summed E-state index contributed by atoms with van der Waals surface area (Å²) in [5.74, 6) is 1.36. The van der Waals surface area contributed by atoms with Gasteiger partial charge in [-0.05, 0) is 86.6 Å². The van der Waals surface area contributed by atoms with Crippen molar-refractivity contribution in [2.45, 2.75) is 50.6 Å². The molecule has 0 aliphatic heterocycles. The summed E-state index contributed by atoms with van der Waals surface area (Å²) in [6.07, 6.45) is 8.49. The molecule has 4 aliphatic rings. The van der Waals surface area contributed by atoms with Gasteiger partial charge in [0.2, 0.25) is 0 Å². The Balaban J connectivity index is 1.34. The number of carbonyl (C=O) groups is 2. The van der Waals surface area contributed by atoms with Gasteiger partial charge in [0.05, 0.1) is 18.4 Å². The molecule has 0 atom stereocenters. The van der Waals surface area contributed by atoms with E-state index in [-0.39, 0.29) is 23.6 Å². The minimum atomic E-state index is -0.689. The molecule has 1 amide bonds. The van der Waals surface area contributed by atoms with Crippen molar-refractivity contribution in [3.8, 4) is 0 Å². The molecular formula is C24H26FNO4. The van der Waals surface area contributed by atoms with Crippen LogP contribution in [0.2, 0.25) is 0 Å². The summed E-state index contributed by atoms with van der Waals surface area (Å²) in [6.45, 7) is 0.0350. The van der Waals surface area contributed by atoms with Crippen molar-refractivity contribution in [2.75, 3.05) is 6.61 Å². The number of halogens is 1. The van der Waals surface area contributed by atoms with Crippen LogP contribution in [0.15, 0.2) is 47.1 Å². The van der Waals surface area contributed by atoms with E-state index in [1.165, 1.54) is 37.5 Å². The maximum Gasteiger partial charge on any atom is 0.338 e. The molecule has 4 aliphatic carbocycles. The maximum absolute atomic E-state index is 13.4. The van der Waals surface area contributed by atoms with Crippen molar-refractivity contribution in [3.05, 3.63) is 59.8 Å². The summed E-state index contributed by atoms with van der Waals surface area (Å²) < 4.78 is 24.2. The maximum atomic E-state index is 13.4. The number of hydrogen-bond donors (Lipinski definition) is 0. The highest BCUT2D eigenvalue weighted by Crippen LogP contribution is 2.58. The highest BCUT2D eigenvalue weighted by Gasteiger charge is 2.54. The Kier molecular flexibility index (Phi) is 4.88. The van der Waals surface area contributed by atoms with E-state index in [0.717, 1.165) is 31.1 Å². The van der Waals surface area contributed by atoms with Crippen LogP contribution in [0.4, 0.5) is 4.39 Å². The largest absolute Gasteiger partial charge is 0.467 e. The Morgan fingerprint density at radius 1 is 1.07 bits per heavy atom. The third kappa shape index (κ3) is 3.64. The van der Waals surface area contributed by atoms with Crippen LogP contribution in [-0.2, 0) is 16.1 Å². The molecule has 1 aromatic carbocycles. The molecule has 0 spiro atoms. The number of rotatable bonds is 6. The smallest absolute Gasteiger partial charge is 0.338 e. The third-order valence-electron chi connectivity index (χ3n) is 7.16. The van der Waals surface area contributed by atoms with Gasteiger partial charge in [-0.25, -0.2) is 9.18 Å². The highest BCUT2D eigenvalue weighted by atomic mass is 19.1. The Morgan fingerprint density at radius 3 is 2.37 bits per heavy atom. The average Bonchev–Trinajstić information content (AvgIpc) is 3.22.